The monoisotopic (exact) mass is 376 g/mol. The third-order valence-electron chi connectivity index (χ3n) is 10.1. The first-order valence-electron chi connectivity index (χ1n) is 11.7. The van der Waals surface area contributed by atoms with Gasteiger partial charge >= 0.3 is 0 Å². The molecule has 4 aliphatic carbocycles. The molecule has 4 rings (SSSR count). The van der Waals surface area contributed by atoms with Gasteiger partial charge in [0, 0.05) is 12.8 Å². The SMILES string of the molecule is CCC(=O)CCC1CCC2C3CC[C@@H]4C[C@H](O)CC[C@]4(C)[C@H]3C[C@H](O)[C@]12C. The maximum atomic E-state index is 11.9. The largest absolute Gasteiger partial charge is 0.393 e. The van der Waals surface area contributed by atoms with Gasteiger partial charge in [0.15, 0.2) is 0 Å². The summed E-state index contributed by atoms with van der Waals surface area (Å²) < 4.78 is 0. The van der Waals surface area contributed by atoms with E-state index in [-0.39, 0.29) is 17.6 Å². The first-order chi connectivity index (χ1) is 12.8. The topological polar surface area (TPSA) is 57.5 Å². The Kier molecular flexibility index (Phi) is 5.25. The van der Waals surface area contributed by atoms with Crippen molar-refractivity contribution in [2.75, 3.05) is 0 Å². The highest BCUT2D eigenvalue weighted by Gasteiger charge is 2.62. The van der Waals surface area contributed by atoms with Crippen molar-refractivity contribution < 1.29 is 15.0 Å². The molecule has 0 heterocycles. The zero-order chi connectivity index (χ0) is 19.4. The maximum Gasteiger partial charge on any atom is 0.132 e. The lowest BCUT2D eigenvalue weighted by Crippen LogP contribution is -2.58. The number of aliphatic hydroxyl groups excluding tert-OH is 2. The number of hydrogen-bond acceptors (Lipinski definition) is 3. The lowest BCUT2D eigenvalue weighted by Gasteiger charge is -2.62. The fraction of sp³-hybridized carbons (Fsp3) is 0.958. The third-order valence-corrected chi connectivity index (χ3v) is 10.1. The number of fused-ring (bicyclic) bond motifs is 5. The third kappa shape index (κ3) is 3.03. The van der Waals surface area contributed by atoms with Crippen LogP contribution in [0.1, 0.15) is 91.4 Å². The fourth-order valence-corrected chi connectivity index (χ4v) is 8.30. The molecule has 0 bridgehead atoms. The van der Waals surface area contributed by atoms with Crippen LogP contribution in [-0.4, -0.2) is 28.2 Å². The molecule has 0 aromatic carbocycles. The normalized spacial score (nSPS) is 52.0. The second-order valence-electron chi connectivity index (χ2n) is 10.9. The molecule has 3 nitrogen and oxygen atoms in total. The molecule has 0 amide bonds. The molecule has 0 aromatic heterocycles. The van der Waals surface area contributed by atoms with Crippen molar-refractivity contribution in [1.82, 2.24) is 0 Å². The Morgan fingerprint density at radius 1 is 1.00 bits per heavy atom. The molecule has 0 radical (unpaired) electrons. The van der Waals surface area contributed by atoms with E-state index in [4.69, 9.17) is 0 Å². The minimum atomic E-state index is -0.226. The van der Waals surface area contributed by atoms with Crippen LogP contribution in [0.4, 0.5) is 0 Å². The average Bonchev–Trinajstić information content (AvgIpc) is 2.99. The lowest BCUT2D eigenvalue weighted by atomic mass is 9.44. The highest BCUT2D eigenvalue weighted by molar-refractivity contribution is 5.77. The van der Waals surface area contributed by atoms with Gasteiger partial charge in [-0.2, -0.15) is 0 Å². The van der Waals surface area contributed by atoms with Crippen molar-refractivity contribution in [2.45, 2.75) is 104 Å². The Bertz CT molecular complexity index is 574. The van der Waals surface area contributed by atoms with Crippen LogP contribution in [0, 0.1) is 40.4 Å². The van der Waals surface area contributed by atoms with Gasteiger partial charge < -0.3 is 10.2 Å². The van der Waals surface area contributed by atoms with Gasteiger partial charge in [0.1, 0.15) is 5.78 Å². The summed E-state index contributed by atoms with van der Waals surface area (Å²) in [6.07, 6.45) is 10.9. The van der Waals surface area contributed by atoms with Crippen molar-refractivity contribution >= 4 is 5.78 Å². The first kappa shape index (κ1) is 19.9. The van der Waals surface area contributed by atoms with Crippen LogP contribution in [0.2, 0.25) is 0 Å². The molecule has 9 atom stereocenters. The van der Waals surface area contributed by atoms with E-state index < -0.39 is 0 Å². The van der Waals surface area contributed by atoms with Gasteiger partial charge in [-0.1, -0.05) is 20.8 Å². The van der Waals surface area contributed by atoms with Crippen LogP contribution in [0.15, 0.2) is 0 Å². The van der Waals surface area contributed by atoms with Gasteiger partial charge in [0.05, 0.1) is 12.2 Å². The van der Waals surface area contributed by atoms with E-state index in [1.165, 1.54) is 25.7 Å². The van der Waals surface area contributed by atoms with E-state index in [1.807, 2.05) is 6.92 Å². The Balaban J connectivity index is 1.55. The first-order valence-corrected chi connectivity index (χ1v) is 11.7. The molecule has 3 unspecified atom stereocenters. The van der Waals surface area contributed by atoms with E-state index in [2.05, 4.69) is 13.8 Å². The van der Waals surface area contributed by atoms with Crippen LogP contribution in [0.25, 0.3) is 0 Å². The quantitative estimate of drug-likeness (QED) is 0.745. The summed E-state index contributed by atoms with van der Waals surface area (Å²) in [6, 6.07) is 0. The van der Waals surface area contributed by atoms with Gasteiger partial charge in [0.2, 0.25) is 0 Å². The number of rotatable bonds is 4. The molecule has 4 fully saturated rings. The summed E-state index contributed by atoms with van der Waals surface area (Å²) in [5.41, 5.74) is 0.313. The second-order valence-corrected chi connectivity index (χ2v) is 10.9. The van der Waals surface area contributed by atoms with Crippen LogP contribution in [0.3, 0.4) is 0 Å². The molecule has 0 saturated heterocycles. The molecule has 4 aliphatic rings. The predicted octanol–water partition coefficient (Wildman–Crippen LogP) is 4.74. The van der Waals surface area contributed by atoms with E-state index in [9.17, 15) is 15.0 Å². The average molecular weight is 377 g/mol. The summed E-state index contributed by atoms with van der Waals surface area (Å²) in [7, 11) is 0. The standard InChI is InChI=1S/C24H40O3/c1-4-17(25)8-5-15-7-10-20-19-9-6-16-13-18(26)11-12-23(16,2)21(19)14-22(27)24(15,20)3/h15-16,18-22,26-27H,4-14H2,1-3H3/t15?,16-,18-,19?,20?,21+,22+,23+,24-/m1/s1. The van der Waals surface area contributed by atoms with Crippen LogP contribution in [-0.2, 0) is 4.79 Å². The summed E-state index contributed by atoms with van der Waals surface area (Å²) >= 11 is 0. The van der Waals surface area contributed by atoms with Gasteiger partial charge in [-0.15, -0.1) is 0 Å². The van der Waals surface area contributed by atoms with Crippen molar-refractivity contribution in [3.05, 3.63) is 0 Å². The van der Waals surface area contributed by atoms with Crippen LogP contribution < -0.4 is 0 Å². The smallest absolute Gasteiger partial charge is 0.132 e. The Hall–Kier alpha value is -0.410. The highest BCUT2D eigenvalue weighted by Crippen LogP contribution is 2.67. The molecular weight excluding hydrogens is 336 g/mol. The molecule has 27 heavy (non-hydrogen) atoms. The van der Waals surface area contributed by atoms with E-state index in [0.717, 1.165) is 38.0 Å². The van der Waals surface area contributed by atoms with Gasteiger partial charge in [-0.05, 0) is 98.2 Å². The molecule has 154 valence electrons. The number of carbonyl (C=O) groups is 1. The highest BCUT2D eigenvalue weighted by atomic mass is 16.3. The molecule has 4 saturated carbocycles. The summed E-state index contributed by atoms with van der Waals surface area (Å²) in [5.74, 6) is 3.50. The molecular formula is C24H40O3. The minimum Gasteiger partial charge on any atom is -0.393 e. The van der Waals surface area contributed by atoms with E-state index in [0.29, 0.717) is 47.7 Å². The summed E-state index contributed by atoms with van der Waals surface area (Å²) in [5, 5.41) is 21.6. The molecule has 0 aliphatic heterocycles. The van der Waals surface area contributed by atoms with Gasteiger partial charge in [-0.3, -0.25) is 4.79 Å². The van der Waals surface area contributed by atoms with Crippen LogP contribution >= 0.6 is 0 Å². The number of hydrogen-bond donors (Lipinski definition) is 2. The molecule has 2 N–H and O–H groups in total. The van der Waals surface area contributed by atoms with E-state index >= 15 is 0 Å². The van der Waals surface area contributed by atoms with Crippen molar-refractivity contribution in [1.29, 1.82) is 0 Å². The van der Waals surface area contributed by atoms with Crippen LogP contribution in [0.5, 0.6) is 0 Å². The number of Topliss-reactive ketones (excluding diaryl/α,β-unsaturated/α-hetero) is 1. The molecule has 0 spiro atoms. The maximum absolute atomic E-state index is 11.9. The predicted molar refractivity (Wildman–Crippen MR) is 107 cm³/mol. The van der Waals surface area contributed by atoms with Crippen molar-refractivity contribution in [3.8, 4) is 0 Å². The Morgan fingerprint density at radius 3 is 2.52 bits per heavy atom. The van der Waals surface area contributed by atoms with Gasteiger partial charge in [0.25, 0.3) is 0 Å². The van der Waals surface area contributed by atoms with Crippen molar-refractivity contribution in [2.24, 2.45) is 40.4 Å². The van der Waals surface area contributed by atoms with Crippen molar-refractivity contribution in [3.63, 3.8) is 0 Å². The summed E-state index contributed by atoms with van der Waals surface area (Å²) in [6.45, 7) is 6.79. The number of ketones is 1. The Morgan fingerprint density at radius 2 is 1.78 bits per heavy atom. The van der Waals surface area contributed by atoms with Gasteiger partial charge in [-0.25, -0.2) is 0 Å². The zero-order valence-corrected chi connectivity index (χ0v) is 17.6. The summed E-state index contributed by atoms with van der Waals surface area (Å²) in [4.78, 5) is 11.9. The second kappa shape index (κ2) is 7.13. The molecule has 0 aromatic rings. The van der Waals surface area contributed by atoms with E-state index in [1.54, 1.807) is 0 Å². The lowest BCUT2D eigenvalue weighted by molar-refractivity contribution is -0.171. The Labute approximate surface area is 165 Å². The minimum absolute atomic E-state index is 0.00651. The fourth-order valence-electron chi connectivity index (χ4n) is 8.30. The number of aliphatic hydroxyl groups is 2. The molecule has 3 heteroatoms. The zero-order valence-electron chi connectivity index (χ0n) is 17.6. The number of carbonyl (C=O) groups excluding carboxylic acids is 1.